The summed E-state index contributed by atoms with van der Waals surface area (Å²) < 4.78 is 18.9. The van der Waals surface area contributed by atoms with E-state index in [2.05, 4.69) is 15.6 Å². The van der Waals surface area contributed by atoms with Gasteiger partial charge in [-0.05, 0) is 88.5 Å². The molecule has 3 atom stereocenters. The maximum atomic E-state index is 12.8. The lowest BCUT2D eigenvalue weighted by molar-refractivity contribution is -0.245. The van der Waals surface area contributed by atoms with Crippen molar-refractivity contribution in [1.82, 2.24) is 10.3 Å². The summed E-state index contributed by atoms with van der Waals surface area (Å²) in [4.78, 5) is 28.9. The Morgan fingerprint density at radius 2 is 1.51 bits per heavy atom. The van der Waals surface area contributed by atoms with E-state index in [1.165, 1.54) is 11.8 Å². The van der Waals surface area contributed by atoms with Gasteiger partial charge >= 0.3 is 12.0 Å². The van der Waals surface area contributed by atoms with E-state index in [1.807, 2.05) is 103 Å². The molecule has 7 rings (SSSR count). The van der Waals surface area contributed by atoms with Crippen molar-refractivity contribution in [2.45, 2.75) is 43.1 Å². The predicted octanol–water partition coefficient (Wildman–Crippen LogP) is 9.39. The Bertz CT molecular complexity index is 2220. The van der Waals surface area contributed by atoms with Crippen molar-refractivity contribution in [2.75, 3.05) is 11.1 Å². The minimum Gasteiger partial charge on any atom is -0.478 e. The Hall–Kier alpha value is -5.98. The number of hydrogen-bond donors (Lipinski definition) is 4. The molecule has 2 heterocycles. The molecule has 1 saturated heterocycles. The van der Waals surface area contributed by atoms with E-state index in [0.29, 0.717) is 35.2 Å². The van der Waals surface area contributed by atoms with Gasteiger partial charge in [0.2, 0.25) is 0 Å². The van der Waals surface area contributed by atoms with Crippen LogP contribution < -0.4 is 15.4 Å². The van der Waals surface area contributed by atoms with Crippen molar-refractivity contribution in [3.05, 3.63) is 174 Å². The van der Waals surface area contributed by atoms with Crippen molar-refractivity contribution in [1.29, 1.82) is 0 Å². The smallest absolute Gasteiger partial charge is 0.338 e. The number of aromatic carboxylic acids is 1. The fraction of sp³-hybridized carbons (Fsp3) is 0.159. The number of carboxylic acid groups (broad SMARTS) is 1. The Labute approximate surface area is 323 Å². The summed E-state index contributed by atoms with van der Waals surface area (Å²) in [5.41, 5.74) is 6.23. The van der Waals surface area contributed by atoms with E-state index in [-0.39, 0.29) is 30.4 Å². The lowest BCUT2D eigenvalue weighted by Crippen LogP contribution is -2.31. The molecule has 6 aromatic rings. The van der Waals surface area contributed by atoms with Crippen LogP contribution in [0, 0.1) is 0 Å². The van der Waals surface area contributed by atoms with Crippen LogP contribution in [0.4, 0.5) is 10.5 Å². The zero-order valence-electron chi connectivity index (χ0n) is 29.7. The van der Waals surface area contributed by atoms with Crippen LogP contribution in [0.15, 0.2) is 151 Å². The van der Waals surface area contributed by atoms with Gasteiger partial charge in [0.25, 0.3) is 0 Å². The first-order valence-corrected chi connectivity index (χ1v) is 18.8. The molecule has 0 aliphatic carbocycles. The van der Waals surface area contributed by atoms with Gasteiger partial charge in [0.1, 0.15) is 16.5 Å². The molecule has 11 heteroatoms. The van der Waals surface area contributed by atoms with Gasteiger partial charge in [-0.3, -0.25) is 0 Å². The fourth-order valence-corrected chi connectivity index (χ4v) is 7.18. The number of pyridine rings is 1. The Kier molecular flexibility index (Phi) is 12.2. The van der Waals surface area contributed by atoms with Crippen molar-refractivity contribution < 1.29 is 34.0 Å². The minimum atomic E-state index is -1.03. The number of aliphatic hydroxyl groups excluding tert-OH is 1. The molecule has 2 amide bonds. The van der Waals surface area contributed by atoms with Crippen molar-refractivity contribution in [2.24, 2.45) is 0 Å². The normalized spacial score (nSPS) is 16.6. The van der Waals surface area contributed by atoms with Crippen LogP contribution in [0.5, 0.6) is 11.5 Å². The first-order valence-electron chi connectivity index (χ1n) is 17.8. The third-order valence-electron chi connectivity index (χ3n) is 8.99. The quantitative estimate of drug-likeness (QED) is 0.0850. The van der Waals surface area contributed by atoms with E-state index < -0.39 is 12.3 Å². The van der Waals surface area contributed by atoms with Gasteiger partial charge in [-0.25, -0.2) is 14.6 Å². The molecule has 0 radical (unpaired) electrons. The Balaban J connectivity index is 1.01. The topological polar surface area (TPSA) is 139 Å². The van der Waals surface area contributed by atoms with Crippen LogP contribution >= 0.6 is 11.8 Å². The molecule has 1 aliphatic heterocycles. The van der Waals surface area contributed by atoms with Gasteiger partial charge in [-0.2, -0.15) is 0 Å². The molecule has 0 bridgehead atoms. The van der Waals surface area contributed by atoms with E-state index in [1.54, 1.807) is 42.6 Å². The van der Waals surface area contributed by atoms with Crippen LogP contribution in [0.3, 0.4) is 0 Å². The number of urea groups is 1. The van der Waals surface area contributed by atoms with Gasteiger partial charge in [-0.1, -0.05) is 78.9 Å². The first-order chi connectivity index (χ1) is 26.9. The average molecular weight is 754 g/mol. The molecule has 5 aromatic carbocycles. The lowest BCUT2D eigenvalue weighted by atomic mass is 9.99. The molecule has 4 N–H and O–H groups in total. The molecule has 55 heavy (non-hydrogen) atoms. The minimum absolute atomic E-state index is 0.0511. The number of aromatic nitrogens is 1. The van der Waals surface area contributed by atoms with E-state index >= 15 is 0 Å². The highest BCUT2D eigenvalue weighted by molar-refractivity contribution is 7.99. The summed E-state index contributed by atoms with van der Waals surface area (Å²) >= 11 is 1.35. The second-order valence-electron chi connectivity index (χ2n) is 12.9. The molecule has 10 nitrogen and oxygen atoms in total. The highest BCUT2D eigenvalue weighted by atomic mass is 32.2. The summed E-state index contributed by atoms with van der Waals surface area (Å²) in [6.07, 6.45) is 0.858. The van der Waals surface area contributed by atoms with Crippen LogP contribution in [0.25, 0.3) is 11.1 Å². The van der Waals surface area contributed by atoms with Crippen LogP contribution in [0.2, 0.25) is 0 Å². The van der Waals surface area contributed by atoms with Gasteiger partial charge in [0.15, 0.2) is 6.29 Å². The Morgan fingerprint density at radius 1 is 0.764 bits per heavy atom. The molecular formula is C44H39N3O7S. The summed E-state index contributed by atoms with van der Waals surface area (Å²) in [5, 5.41) is 25.5. The number of amides is 2. The highest BCUT2D eigenvalue weighted by Gasteiger charge is 2.33. The van der Waals surface area contributed by atoms with Crippen LogP contribution in [-0.2, 0) is 22.6 Å². The van der Waals surface area contributed by atoms with Crippen LogP contribution in [0.1, 0.15) is 51.4 Å². The molecule has 1 aliphatic rings. The molecule has 278 valence electrons. The summed E-state index contributed by atoms with van der Waals surface area (Å²) in [7, 11) is 0. The van der Waals surface area contributed by atoms with Crippen molar-refractivity contribution >= 4 is 29.4 Å². The molecule has 0 saturated carbocycles. The summed E-state index contributed by atoms with van der Waals surface area (Å²) in [6, 6.07) is 43.1. The largest absolute Gasteiger partial charge is 0.478 e. The monoisotopic (exact) mass is 753 g/mol. The number of carbonyl (C=O) groups excluding carboxylic acids is 1. The van der Waals surface area contributed by atoms with E-state index in [0.717, 1.165) is 39.1 Å². The maximum Gasteiger partial charge on any atom is 0.338 e. The second-order valence-corrected chi connectivity index (χ2v) is 13.9. The number of rotatable bonds is 13. The number of aliphatic hydroxyl groups is 1. The van der Waals surface area contributed by atoms with Crippen molar-refractivity contribution in [3.8, 4) is 22.6 Å². The predicted molar refractivity (Wildman–Crippen MR) is 211 cm³/mol. The number of ether oxygens (including phenoxy) is 3. The SMILES string of the molecule is O=C(NCc1cccc(-c2cccc(C3OC(CSc4ncccc4C(=O)O)CC(c4ccc(CO)cc4)O3)c2)c1)Nc1ccc(Oc2ccccc2)cc1. The van der Waals surface area contributed by atoms with E-state index in [9.17, 15) is 19.8 Å². The lowest BCUT2D eigenvalue weighted by Gasteiger charge is -2.36. The second kappa shape index (κ2) is 17.9. The van der Waals surface area contributed by atoms with Gasteiger partial charge in [-0.15, -0.1) is 11.8 Å². The number of hydrogen-bond acceptors (Lipinski definition) is 8. The molecule has 3 unspecified atom stereocenters. The number of thioether (sulfide) groups is 1. The number of para-hydroxylation sites is 1. The van der Waals surface area contributed by atoms with Gasteiger partial charge in [0, 0.05) is 36.2 Å². The van der Waals surface area contributed by atoms with E-state index in [4.69, 9.17) is 14.2 Å². The first kappa shape index (κ1) is 37.3. The number of nitrogens with one attached hydrogen (secondary N) is 2. The van der Waals surface area contributed by atoms with Crippen LogP contribution in [-0.4, -0.2) is 39.1 Å². The number of anilines is 1. The zero-order valence-corrected chi connectivity index (χ0v) is 30.5. The number of carbonyl (C=O) groups is 2. The molecule has 0 spiro atoms. The third kappa shape index (κ3) is 9.97. The fourth-order valence-electron chi connectivity index (χ4n) is 6.18. The van der Waals surface area contributed by atoms with Crippen molar-refractivity contribution in [3.63, 3.8) is 0 Å². The number of carboxylic acids is 1. The van der Waals surface area contributed by atoms with Gasteiger partial charge < -0.3 is 35.1 Å². The molecule has 1 aromatic heterocycles. The maximum absolute atomic E-state index is 12.8. The number of benzene rings is 5. The molecule has 1 fully saturated rings. The Morgan fingerprint density at radius 3 is 2.27 bits per heavy atom. The highest BCUT2D eigenvalue weighted by Crippen LogP contribution is 2.40. The third-order valence-corrected chi connectivity index (χ3v) is 10.1. The standard InChI is InChI=1S/C44H39N3O7S/c48-27-29-14-16-31(17-15-29)40-25-38(28-55-41-39(42(49)50)13-6-22-45-41)53-43(54-40)34-10-5-9-33(24-34)32-8-4-7-30(23-32)26-46-44(51)47-35-18-20-37(21-19-35)52-36-11-2-1-3-12-36/h1-24,38,40,43,48H,25-28H2,(H,49,50)(H2,46,47,51). The van der Waals surface area contributed by atoms with Gasteiger partial charge in [0.05, 0.1) is 24.4 Å². The zero-order chi connectivity index (χ0) is 38.0. The number of nitrogens with zero attached hydrogens (tertiary/aromatic N) is 1. The average Bonchev–Trinajstić information content (AvgIpc) is 3.23. The summed E-state index contributed by atoms with van der Waals surface area (Å²) in [5.74, 6) is 0.849. The summed E-state index contributed by atoms with van der Waals surface area (Å²) in [6.45, 7) is 0.268. The molecular weight excluding hydrogens is 715 g/mol.